The second kappa shape index (κ2) is 24.8. The molecule has 1 aromatic rings. The van der Waals surface area contributed by atoms with E-state index in [-0.39, 0.29) is 83.8 Å². The maximum absolute atomic E-state index is 14.7. The lowest BCUT2D eigenvalue weighted by atomic mass is 9.89. The first kappa shape index (κ1) is 53.6. The number of nitrogens with zero attached hydrogens (tertiary/aromatic N) is 5. The normalized spacial score (nSPS) is 23.4. The Kier molecular flexibility index (Phi) is 19.5. The van der Waals surface area contributed by atoms with Gasteiger partial charge >= 0.3 is 0 Å². The summed E-state index contributed by atoms with van der Waals surface area (Å²) >= 11 is 0. The Labute approximate surface area is 402 Å². The zero-order valence-electron chi connectivity index (χ0n) is 41.4. The number of methoxy groups -OCH3 is 2. The van der Waals surface area contributed by atoms with Crippen molar-refractivity contribution in [3.63, 3.8) is 0 Å². The van der Waals surface area contributed by atoms with Crippen molar-refractivity contribution in [2.75, 3.05) is 34.4 Å². The molecule has 2 bridgehead atoms. The monoisotopic (exact) mass is 948 g/mol. The molecule has 4 aliphatic rings. The van der Waals surface area contributed by atoms with E-state index in [4.69, 9.17) is 21.1 Å². The number of amides is 7. The van der Waals surface area contributed by atoms with Gasteiger partial charge in [0.1, 0.15) is 17.9 Å². The number of carbonyl (C=O) groups excluding carboxylic acids is 7. The number of hydrogen-bond donors (Lipinski definition) is 4. The predicted molar refractivity (Wildman–Crippen MR) is 257 cm³/mol. The fraction of sp³-hybridized carbons (Fsp3) is 0.680. The molecule has 1 saturated carbocycles. The smallest absolute Gasteiger partial charge is 0.253 e. The zero-order chi connectivity index (χ0) is 49.8. The summed E-state index contributed by atoms with van der Waals surface area (Å²) in [5, 5.41) is 9.74. The van der Waals surface area contributed by atoms with Crippen LogP contribution in [0.3, 0.4) is 0 Å². The lowest BCUT2D eigenvalue weighted by Gasteiger charge is -2.41. The van der Waals surface area contributed by atoms with Gasteiger partial charge in [0.05, 0.1) is 42.7 Å². The van der Waals surface area contributed by atoms with E-state index < -0.39 is 48.3 Å². The van der Waals surface area contributed by atoms with Crippen LogP contribution in [0.25, 0.3) is 0 Å². The van der Waals surface area contributed by atoms with Gasteiger partial charge in [-0.3, -0.25) is 38.5 Å². The van der Waals surface area contributed by atoms with Gasteiger partial charge in [-0.05, 0) is 74.7 Å². The number of carbonyl (C=O) groups is 7. The molecule has 11 unspecified atom stereocenters. The van der Waals surface area contributed by atoms with Crippen molar-refractivity contribution in [2.45, 2.75) is 160 Å². The average Bonchev–Trinajstić information content (AvgIpc) is 4.15. The number of unbranched alkanes of at least 4 members (excludes halogenated alkanes) is 2. The van der Waals surface area contributed by atoms with E-state index in [9.17, 15) is 33.6 Å². The number of likely N-dealkylation sites (N-methyl/N-ethyl adjacent to an activating group) is 1. The largest absolute Gasteiger partial charge is 0.384 e. The van der Waals surface area contributed by atoms with Crippen molar-refractivity contribution >= 4 is 47.2 Å². The molecular weight excluding hydrogens is 871 g/mol. The van der Waals surface area contributed by atoms with Crippen LogP contribution in [0, 0.1) is 23.7 Å². The van der Waals surface area contributed by atoms with Crippen molar-refractivity contribution in [3.8, 4) is 0 Å². The minimum atomic E-state index is -0.911. The molecule has 376 valence electrons. The highest BCUT2D eigenvalue weighted by molar-refractivity contribution is 6.12. The summed E-state index contributed by atoms with van der Waals surface area (Å²) < 4.78 is 12.1. The van der Waals surface area contributed by atoms with Crippen LogP contribution in [-0.2, 0) is 49.5 Å². The molecule has 1 aromatic carbocycles. The lowest BCUT2D eigenvalue weighted by Crippen LogP contribution is -2.60. The molecule has 2 saturated heterocycles. The molecule has 0 spiro atoms. The van der Waals surface area contributed by atoms with Gasteiger partial charge in [0.15, 0.2) is 0 Å². The average molecular weight is 948 g/mol. The molecule has 11 atom stereocenters. The molecule has 5 rings (SSSR count). The number of likely N-dealkylation sites (tertiary alicyclic amines) is 2. The van der Waals surface area contributed by atoms with E-state index in [1.165, 1.54) is 31.3 Å². The van der Waals surface area contributed by atoms with Crippen LogP contribution in [0.5, 0.6) is 0 Å². The van der Waals surface area contributed by atoms with Gasteiger partial charge in [-0.15, -0.1) is 0 Å². The third kappa shape index (κ3) is 12.6. The summed E-state index contributed by atoms with van der Waals surface area (Å²) in [7, 11) is 4.77. The van der Waals surface area contributed by atoms with Crippen LogP contribution in [-0.4, -0.2) is 150 Å². The van der Waals surface area contributed by atoms with Crippen LogP contribution in [0.15, 0.2) is 47.6 Å². The molecule has 7 amide bonds. The summed E-state index contributed by atoms with van der Waals surface area (Å²) in [5.41, 5.74) is 7.09. The van der Waals surface area contributed by atoms with Crippen molar-refractivity contribution in [3.05, 3.63) is 48.0 Å². The molecule has 3 heterocycles. The van der Waals surface area contributed by atoms with Crippen LogP contribution >= 0.6 is 0 Å². The maximum Gasteiger partial charge on any atom is 0.253 e. The molecule has 1 aliphatic carbocycles. The van der Waals surface area contributed by atoms with Crippen molar-refractivity contribution in [1.29, 1.82) is 0 Å². The summed E-state index contributed by atoms with van der Waals surface area (Å²) in [6.07, 6.45) is 7.93. The first-order valence-corrected chi connectivity index (χ1v) is 24.6. The molecule has 6 N–H and O–H groups in total. The first-order valence-electron chi connectivity index (χ1n) is 24.6. The molecule has 0 aromatic heterocycles. The third-order valence-corrected chi connectivity index (χ3v) is 14.9. The van der Waals surface area contributed by atoms with Gasteiger partial charge in [-0.1, -0.05) is 77.8 Å². The van der Waals surface area contributed by atoms with Gasteiger partial charge in [0.2, 0.25) is 29.5 Å². The number of rotatable bonds is 25. The summed E-state index contributed by atoms with van der Waals surface area (Å²) in [6.45, 7) is 10.3. The van der Waals surface area contributed by atoms with Gasteiger partial charge in [0.25, 0.3) is 11.8 Å². The van der Waals surface area contributed by atoms with E-state index in [1.807, 2.05) is 58.0 Å². The van der Waals surface area contributed by atoms with Gasteiger partial charge < -0.3 is 46.4 Å². The Morgan fingerprint density at radius 1 is 0.912 bits per heavy atom. The fourth-order valence-corrected chi connectivity index (χ4v) is 10.9. The van der Waals surface area contributed by atoms with E-state index in [2.05, 4.69) is 15.7 Å². The number of hydrogen-bond acceptors (Lipinski definition) is 11. The van der Waals surface area contributed by atoms with E-state index in [0.717, 1.165) is 24.8 Å². The highest BCUT2D eigenvalue weighted by Crippen LogP contribution is 2.43. The molecular formula is C50H77N9O9. The highest BCUT2D eigenvalue weighted by Gasteiger charge is 2.52. The number of nitrogens with one attached hydrogen (secondary N) is 2. The van der Waals surface area contributed by atoms with Crippen molar-refractivity contribution < 1.29 is 43.0 Å². The van der Waals surface area contributed by atoms with E-state index in [0.29, 0.717) is 58.0 Å². The lowest BCUT2D eigenvalue weighted by molar-refractivity contribution is -0.149. The van der Waals surface area contributed by atoms with Crippen LogP contribution in [0.1, 0.15) is 111 Å². The standard InChI is InChI=1S/C50H77N9O9/c1-9-31(4)44(38(67-7)29-42(63)57-26-16-19-37(57)46(68-8)32(5)48(64)53-36(47(51)55-52)27-33-17-12-10-13-18-33)56(6)50(66)43(30(2)3)54-49(65)45-34-21-22-35(28-34)59(45)41(62)20-14-11-15-25-58-39(60)23-24-40(58)61/h10,12-13,17-18,23-24,30-32,34-38,43-46H,9,11,14-16,19-22,25-29,52H2,1-8H3,(H2,51,55)(H,53,64)(H,54,65). The molecule has 68 heavy (non-hydrogen) atoms. The van der Waals surface area contributed by atoms with E-state index >= 15 is 0 Å². The second-order valence-electron chi connectivity index (χ2n) is 19.6. The number of benzene rings is 1. The molecule has 0 radical (unpaired) electrons. The first-order chi connectivity index (χ1) is 32.5. The zero-order valence-corrected chi connectivity index (χ0v) is 41.4. The topological polar surface area (TPSA) is 239 Å². The minimum Gasteiger partial charge on any atom is -0.384 e. The molecule has 18 heteroatoms. The molecule has 3 aliphatic heterocycles. The number of hydrazone groups is 1. The Bertz CT molecular complexity index is 1980. The summed E-state index contributed by atoms with van der Waals surface area (Å²) in [6, 6.07) is 6.31. The van der Waals surface area contributed by atoms with Crippen LogP contribution in [0.4, 0.5) is 0 Å². The highest BCUT2D eigenvalue weighted by atomic mass is 16.5. The SMILES string of the molecule is CCC(C)C(C(CC(=O)N1CCCC1C(OC)C(C)C(=O)NC(Cc1ccccc1)C(N)=NN)OC)N(C)C(=O)C(NC(=O)C1C2CCC(C2)N1C(=O)CCCCCN1C(=O)C=CC1=O)C(C)C. The fourth-order valence-electron chi connectivity index (χ4n) is 10.9. The third-order valence-electron chi connectivity index (χ3n) is 14.9. The van der Waals surface area contributed by atoms with Crippen molar-refractivity contribution in [2.24, 2.45) is 40.3 Å². The van der Waals surface area contributed by atoms with Gasteiger partial charge in [0, 0.05) is 59.0 Å². The number of amidine groups is 1. The maximum atomic E-state index is 14.7. The van der Waals surface area contributed by atoms with Gasteiger partial charge in [-0.25, -0.2) is 0 Å². The Morgan fingerprint density at radius 3 is 2.22 bits per heavy atom. The number of fused-ring (bicyclic) bond motifs is 2. The molecule has 3 fully saturated rings. The summed E-state index contributed by atoms with van der Waals surface area (Å²) in [5.74, 6) is 2.62. The Morgan fingerprint density at radius 2 is 1.60 bits per heavy atom. The predicted octanol–water partition coefficient (Wildman–Crippen LogP) is 2.87. The number of nitrogens with two attached hydrogens (primary N) is 2. The minimum absolute atomic E-state index is 0.00788. The Balaban J connectivity index is 1.23. The Hall–Kier alpha value is -5.36. The van der Waals surface area contributed by atoms with Crippen LogP contribution in [0.2, 0.25) is 0 Å². The summed E-state index contributed by atoms with van der Waals surface area (Å²) in [4.78, 5) is 101. The van der Waals surface area contributed by atoms with Crippen molar-refractivity contribution in [1.82, 2.24) is 30.2 Å². The van der Waals surface area contributed by atoms with E-state index in [1.54, 1.807) is 28.7 Å². The second-order valence-corrected chi connectivity index (χ2v) is 19.6. The quantitative estimate of drug-likeness (QED) is 0.0278. The number of imide groups is 1. The van der Waals surface area contributed by atoms with Gasteiger partial charge in [-0.2, -0.15) is 5.10 Å². The number of piperidine rings is 1. The van der Waals surface area contributed by atoms with Crippen LogP contribution < -0.4 is 22.2 Å². The number of ether oxygens (including phenoxy) is 2. The molecule has 18 nitrogen and oxygen atoms in total.